The van der Waals surface area contributed by atoms with Gasteiger partial charge in [-0.25, -0.2) is 0 Å². The summed E-state index contributed by atoms with van der Waals surface area (Å²) in [6.07, 6.45) is -0.242. The predicted molar refractivity (Wildman–Crippen MR) is 126 cm³/mol. The molecule has 0 radical (unpaired) electrons. The van der Waals surface area contributed by atoms with Gasteiger partial charge < -0.3 is 9.80 Å². The maximum Gasteiger partial charge on any atom is 0.416 e. The Morgan fingerprint density at radius 1 is 1.09 bits per heavy atom. The van der Waals surface area contributed by atoms with Crippen LogP contribution in [0.3, 0.4) is 0 Å². The van der Waals surface area contributed by atoms with Gasteiger partial charge in [0.2, 0.25) is 5.91 Å². The highest BCUT2D eigenvalue weighted by Gasteiger charge is 2.33. The van der Waals surface area contributed by atoms with E-state index in [0.717, 1.165) is 37.7 Å². The molecule has 1 heterocycles. The third kappa shape index (κ3) is 6.68. The molecule has 0 aromatic heterocycles. The SMILES string of the molecule is CCN1CCc2c(C=CC(=O)N(CCN(C)C)Cc3ccccc3C(F)(F)F)cccc2C1. The molecule has 0 atom stereocenters. The molecule has 1 aliphatic rings. The van der Waals surface area contributed by atoms with E-state index in [1.54, 1.807) is 12.1 Å². The summed E-state index contributed by atoms with van der Waals surface area (Å²) >= 11 is 0. The van der Waals surface area contributed by atoms with Crippen LogP contribution in [0.4, 0.5) is 13.2 Å². The zero-order valence-corrected chi connectivity index (χ0v) is 19.5. The van der Waals surface area contributed by atoms with Crippen molar-refractivity contribution in [2.45, 2.75) is 32.6 Å². The van der Waals surface area contributed by atoms with Crippen LogP contribution in [-0.2, 0) is 30.5 Å². The molecule has 0 bridgehead atoms. The summed E-state index contributed by atoms with van der Waals surface area (Å²) in [6.45, 7) is 5.81. The van der Waals surface area contributed by atoms with E-state index < -0.39 is 11.7 Å². The Bertz CT molecular complexity index is 985. The lowest BCUT2D eigenvalue weighted by Crippen LogP contribution is -2.35. The summed E-state index contributed by atoms with van der Waals surface area (Å²) in [6, 6.07) is 11.6. The molecule has 3 rings (SSSR count). The second-order valence-corrected chi connectivity index (χ2v) is 8.65. The van der Waals surface area contributed by atoms with Crippen LogP contribution in [0.2, 0.25) is 0 Å². The third-order valence-corrected chi connectivity index (χ3v) is 6.05. The van der Waals surface area contributed by atoms with Crippen molar-refractivity contribution < 1.29 is 18.0 Å². The number of rotatable bonds is 8. The van der Waals surface area contributed by atoms with Crippen LogP contribution in [0, 0.1) is 0 Å². The van der Waals surface area contributed by atoms with E-state index in [0.29, 0.717) is 13.1 Å². The van der Waals surface area contributed by atoms with Crippen LogP contribution in [0.5, 0.6) is 0 Å². The number of halogens is 3. The first-order valence-corrected chi connectivity index (χ1v) is 11.3. The van der Waals surface area contributed by atoms with Crippen LogP contribution in [0.1, 0.15) is 34.7 Å². The summed E-state index contributed by atoms with van der Waals surface area (Å²) in [4.78, 5) is 18.9. The molecule has 33 heavy (non-hydrogen) atoms. The van der Waals surface area contributed by atoms with E-state index in [4.69, 9.17) is 0 Å². The number of carbonyl (C=O) groups is 1. The van der Waals surface area contributed by atoms with Crippen LogP contribution >= 0.6 is 0 Å². The minimum Gasteiger partial charge on any atom is -0.334 e. The average molecular weight is 460 g/mol. The van der Waals surface area contributed by atoms with E-state index in [9.17, 15) is 18.0 Å². The van der Waals surface area contributed by atoms with Crippen LogP contribution < -0.4 is 0 Å². The summed E-state index contributed by atoms with van der Waals surface area (Å²) in [7, 11) is 3.75. The van der Waals surface area contributed by atoms with Gasteiger partial charge in [-0.05, 0) is 61.5 Å². The van der Waals surface area contributed by atoms with Crippen LogP contribution in [0.25, 0.3) is 6.08 Å². The minimum absolute atomic E-state index is 0.0922. The molecule has 0 aliphatic carbocycles. The molecule has 2 aromatic rings. The Labute approximate surface area is 194 Å². The van der Waals surface area contributed by atoms with E-state index >= 15 is 0 Å². The van der Waals surface area contributed by atoms with E-state index in [1.165, 1.54) is 34.2 Å². The maximum absolute atomic E-state index is 13.5. The molecule has 178 valence electrons. The van der Waals surface area contributed by atoms with Gasteiger partial charge in [-0.1, -0.05) is 43.3 Å². The standard InChI is InChI=1S/C26H32F3N3O/c1-4-31-15-14-23-20(9-7-10-21(23)18-31)12-13-25(33)32(17-16-30(2)3)19-22-8-5-6-11-24(22)26(27,28)29/h5-13H,4,14-19H2,1-3H3. The predicted octanol–water partition coefficient (Wildman–Crippen LogP) is 4.69. The van der Waals surface area contributed by atoms with Crippen molar-refractivity contribution in [3.05, 3.63) is 76.4 Å². The summed E-state index contributed by atoms with van der Waals surface area (Å²) in [5, 5.41) is 0. The molecule has 0 fully saturated rings. The molecule has 0 unspecified atom stereocenters. The number of fused-ring (bicyclic) bond motifs is 1. The Balaban J connectivity index is 1.82. The van der Waals surface area contributed by atoms with Crippen molar-refractivity contribution in [3.63, 3.8) is 0 Å². The summed E-state index contributed by atoms with van der Waals surface area (Å²) in [5.41, 5.74) is 2.91. The number of alkyl halides is 3. The van der Waals surface area contributed by atoms with Gasteiger partial charge in [-0.15, -0.1) is 0 Å². The lowest BCUT2D eigenvalue weighted by atomic mass is 9.94. The molecule has 1 aliphatic heterocycles. The van der Waals surface area contributed by atoms with E-state index in [1.807, 2.05) is 31.1 Å². The fraction of sp³-hybridized carbons (Fsp3) is 0.423. The molecule has 2 aromatic carbocycles. The highest BCUT2D eigenvalue weighted by molar-refractivity contribution is 5.92. The molecule has 4 nitrogen and oxygen atoms in total. The lowest BCUT2D eigenvalue weighted by molar-refractivity contribution is -0.139. The van der Waals surface area contributed by atoms with Crippen molar-refractivity contribution in [3.8, 4) is 0 Å². The second kappa shape index (κ2) is 11.0. The van der Waals surface area contributed by atoms with Crippen molar-refractivity contribution in [2.75, 3.05) is 40.3 Å². The van der Waals surface area contributed by atoms with E-state index in [2.05, 4.69) is 17.9 Å². The Morgan fingerprint density at radius 2 is 1.85 bits per heavy atom. The molecule has 7 heteroatoms. The molecule has 0 spiro atoms. The fourth-order valence-electron chi connectivity index (χ4n) is 4.12. The number of hydrogen-bond donors (Lipinski definition) is 0. The monoisotopic (exact) mass is 459 g/mol. The number of hydrogen-bond acceptors (Lipinski definition) is 3. The quantitative estimate of drug-likeness (QED) is 0.536. The van der Waals surface area contributed by atoms with Crippen LogP contribution in [-0.4, -0.2) is 60.9 Å². The van der Waals surface area contributed by atoms with Gasteiger partial charge in [0.05, 0.1) is 5.56 Å². The number of benzene rings is 2. The highest BCUT2D eigenvalue weighted by Crippen LogP contribution is 2.32. The first-order valence-electron chi connectivity index (χ1n) is 11.3. The van der Waals surface area contributed by atoms with Gasteiger partial charge in [-0.2, -0.15) is 13.2 Å². The number of nitrogens with zero attached hydrogens (tertiary/aromatic N) is 3. The zero-order valence-electron chi connectivity index (χ0n) is 19.5. The van der Waals surface area contributed by atoms with Gasteiger partial charge in [-0.3, -0.25) is 9.69 Å². The smallest absolute Gasteiger partial charge is 0.334 e. The average Bonchev–Trinajstić information content (AvgIpc) is 2.79. The fourth-order valence-corrected chi connectivity index (χ4v) is 4.12. The largest absolute Gasteiger partial charge is 0.416 e. The van der Waals surface area contributed by atoms with Gasteiger partial charge in [0.15, 0.2) is 0 Å². The van der Waals surface area contributed by atoms with Crippen molar-refractivity contribution in [1.82, 2.24) is 14.7 Å². The minimum atomic E-state index is -4.46. The molecule has 1 amide bonds. The van der Waals surface area contributed by atoms with E-state index in [-0.39, 0.29) is 18.0 Å². The highest BCUT2D eigenvalue weighted by atomic mass is 19.4. The zero-order chi connectivity index (χ0) is 24.0. The first kappa shape index (κ1) is 25.0. The molecule has 0 saturated carbocycles. The summed E-state index contributed by atoms with van der Waals surface area (Å²) in [5.74, 6) is -0.294. The third-order valence-electron chi connectivity index (χ3n) is 6.05. The van der Waals surface area contributed by atoms with Gasteiger partial charge in [0, 0.05) is 38.8 Å². The first-order chi connectivity index (χ1) is 15.7. The number of carbonyl (C=O) groups excluding carboxylic acids is 1. The Hall–Kier alpha value is -2.64. The van der Waals surface area contributed by atoms with Gasteiger partial charge >= 0.3 is 6.18 Å². The van der Waals surface area contributed by atoms with Crippen molar-refractivity contribution >= 4 is 12.0 Å². The molecular weight excluding hydrogens is 427 g/mol. The number of amides is 1. The van der Waals surface area contributed by atoms with Crippen molar-refractivity contribution in [1.29, 1.82) is 0 Å². The normalized spacial score (nSPS) is 14.6. The van der Waals surface area contributed by atoms with Gasteiger partial charge in [0.1, 0.15) is 0 Å². The second-order valence-electron chi connectivity index (χ2n) is 8.65. The van der Waals surface area contributed by atoms with Crippen molar-refractivity contribution in [2.24, 2.45) is 0 Å². The number of likely N-dealkylation sites (N-methyl/N-ethyl adjacent to an activating group) is 2. The Kier molecular flexibility index (Phi) is 8.32. The lowest BCUT2D eigenvalue weighted by Gasteiger charge is -2.28. The molecule has 0 saturated heterocycles. The molecular formula is C26H32F3N3O. The Morgan fingerprint density at radius 3 is 2.55 bits per heavy atom. The molecule has 0 N–H and O–H groups in total. The van der Waals surface area contributed by atoms with Gasteiger partial charge in [0.25, 0.3) is 0 Å². The topological polar surface area (TPSA) is 26.8 Å². The summed E-state index contributed by atoms with van der Waals surface area (Å²) < 4.78 is 40.4. The van der Waals surface area contributed by atoms with Crippen LogP contribution in [0.15, 0.2) is 48.5 Å². The maximum atomic E-state index is 13.5.